The van der Waals surface area contributed by atoms with Gasteiger partial charge in [0.15, 0.2) is 27.5 Å². The number of anilines is 1. The normalized spacial score (nSPS) is 22.3. The minimum atomic E-state index is -3.14. The van der Waals surface area contributed by atoms with E-state index in [0.717, 1.165) is 29.7 Å². The van der Waals surface area contributed by atoms with Crippen LogP contribution in [0.15, 0.2) is 24.3 Å². The number of sulfone groups is 1. The second-order valence-corrected chi connectivity index (χ2v) is 12.1. The van der Waals surface area contributed by atoms with Crippen molar-refractivity contribution in [2.75, 3.05) is 16.8 Å². The summed E-state index contributed by atoms with van der Waals surface area (Å²) in [7, 11) is -3.14. The van der Waals surface area contributed by atoms with E-state index in [9.17, 15) is 22.4 Å². The van der Waals surface area contributed by atoms with Crippen molar-refractivity contribution in [1.29, 1.82) is 0 Å². The van der Waals surface area contributed by atoms with Crippen molar-refractivity contribution in [3.8, 4) is 5.75 Å². The summed E-state index contributed by atoms with van der Waals surface area (Å²) >= 11 is 1.37. The Morgan fingerprint density at radius 1 is 1.24 bits per heavy atom. The molecule has 2 aromatic rings. The molecule has 2 amide bonds. The van der Waals surface area contributed by atoms with Gasteiger partial charge in [-0.25, -0.2) is 12.8 Å². The lowest BCUT2D eigenvalue weighted by molar-refractivity contribution is -0.122. The standard InChI is InChI=1S/C23H27FN2O5S2/c1-13-7-8-16-19(11-13)32-23(20(16)22(28)25-15-9-10-33(29,30)12-15)26-21(27)14(2)31-18-6-4-3-5-17(18)24/h3-6,13-15H,7-12H2,1-2H3,(H,25,28)(H,26,27). The summed E-state index contributed by atoms with van der Waals surface area (Å²) in [6, 6.07) is 5.40. The van der Waals surface area contributed by atoms with Crippen LogP contribution in [-0.4, -0.2) is 43.9 Å². The molecule has 0 radical (unpaired) electrons. The number of carbonyl (C=O) groups excluding carboxylic acids is 2. The lowest BCUT2D eigenvalue weighted by Crippen LogP contribution is -2.37. The largest absolute Gasteiger partial charge is 0.478 e. The smallest absolute Gasteiger partial charge is 0.265 e. The molecule has 2 heterocycles. The number of ether oxygens (including phenoxy) is 1. The Bertz CT molecular complexity index is 1180. The SMILES string of the molecule is CC1CCc2c(sc(NC(=O)C(C)Oc3ccccc3F)c2C(=O)NC2CCS(=O)(=O)C2)C1. The van der Waals surface area contributed by atoms with Crippen LogP contribution in [0, 0.1) is 11.7 Å². The molecule has 3 atom stereocenters. The number of benzene rings is 1. The van der Waals surface area contributed by atoms with E-state index in [-0.39, 0.29) is 23.2 Å². The summed E-state index contributed by atoms with van der Waals surface area (Å²) in [6.45, 7) is 3.66. The van der Waals surface area contributed by atoms with E-state index < -0.39 is 33.7 Å². The average Bonchev–Trinajstić information content (AvgIpc) is 3.27. The highest BCUT2D eigenvalue weighted by atomic mass is 32.2. The number of hydrogen-bond donors (Lipinski definition) is 2. The lowest BCUT2D eigenvalue weighted by atomic mass is 9.88. The highest BCUT2D eigenvalue weighted by Crippen LogP contribution is 2.40. The van der Waals surface area contributed by atoms with Gasteiger partial charge >= 0.3 is 0 Å². The van der Waals surface area contributed by atoms with Crippen LogP contribution in [0.2, 0.25) is 0 Å². The Morgan fingerprint density at radius 2 is 2.00 bits per heavy atom. The molecule has 4 rings (SSSR count). The number of hydrogen-bond acceptors (Lipinski definition) is 6. The van der Waals surface area contributed by atoms with E-state index in [2.05, 4.69) is 17.6 Å². The number of fused-ring (bicyclic) bond motifs is 1. The number of amides is 2. The first-order valence-corrected chi connectivity index (χ1v) is 13.6. The Labute approximate surface area is 196 Å². The van der Waals surface area contributed by atoms with Gasteiger partial charge in [-0.15, -0.1) is 11.3 Å². The topological polar surface area (TPSA) is 102 Å². The van der Waals surface area contributed by atoms with E-state index >= 15 is 0 Å². The van der Waals surface area contributed by atoms with Gasteiger partial charge in [0.25, 0.3) is 11.8 Å². The second kappa shape index (κ2) is 9.42. The molecule has 178 valence electrons. The van der Waals surface area contributed by atoms with Crippen LogP contribution in [0.1, 0.15) is 47.5 Å². The van der Waals surface area contributed by atoms with Crippen molar-refractivity contribution >= 4 is 38.0 Å². The molecule has 0 saturated carbocycles. The Kier molecular flexibility index (Phi) is 6.76. The van der Waals surface area contributed by atoms with Crippen LogP contribution in [0.5, 0.6) is 5.75 Å². The van der Waals surface area contributed by atoms with E-state index in [4.69, 9.17) is 4.74 Å². The van der Waals surface area contributed by atoms with Crippen molar-refractivity contribution in [1.82, 2.24) is 5.32 Å². The minimum absolute atomic E-state index is 0.0279. The van der Waals surface area contributed by atoms with Crippen LogP contribution in [-0.2, 0) is 27.5 Å². The average molecular weight is 495 g/mol. The van der Waals surface area contributed by atoms with Gasteiger partial charge in [0.2, 0.25) is 0 Å². The zero-order valence-corrected chi connectivity index (χ0v) is 20.2. The maximum atomic E-state index is 13.9. The molecule has 2 N–H and O–H groups in total. The summed E-state index contributed by atoms with van der Waals surface area (Å²) in [6.07, 6.45) is 1.86. The summed E-state index contributed by atoms with van der Waals surface area (Å²) in [5, 5.41) is 6.06. The van der Waals surface area contributed by atoms with Crippen LogP contribution < -0.4 is 15.4 Å². The number of halogens is 1. The van der Waals surface area contributed by atoms with Gasteiger partial charge < -0.3 is 15.4 Å². The predicted octanol–water partition coefficient (Wildman–Crippen LogP) is 3.33. The quantitative estimate of drug-likeness (QED) is 0.642. The molecule has 1 aromatic heterocycles. The van der Waals surface area contributed by atoms with Crippen LogP contribution in [0.25, 0.3) is 0 Å². The maximum absolute atomic E-state index is 13.9. The molecule has 33 heavy (non-hydrogen) atoms. The van der Waals surface area contributed by atoms with E-state index in [1.807, 2.05) is 0 Å². The number of nitrogens with one attached hydrogen (secondary N) is 2. The fourth-order valence-electron chi connectivity index (χ4n) is 4.24. The highest BCUT2D eigenvalue weighted by molar-refractivity contribution is 7.91. The monoisotopic (exact) mass is 494 g/mol. The first-order valence-electron chi connectivity index (χ1n) is 11.0. The third-order valence-electron chi connectivity index (χ3n) is 6.05. The van der Waals surface area contributed by atoms with Crippen molar-refractivity contribution in [3.63, 3.8) is 0 Å². The summed E-state index contributed by atoms with van der Waals surface area (Å²) in [5.74, 6) is -1.00. The zero-order valence-electron chi connectivity index (χ0n) is 18.5. The molecule has 2 aliphatic rings. The number of carbonyl (C=O) groups is 2. The van der Waals surface area contributed by atoms with Gasteiger partial charge in [-0.05, 0) is 56.2 Å². The second-order valence-electron chi connectivity index (χ2n) is 8.81. The molecule has 1 fully saturated rings. The van der Waals surface area contributed by atoms with Gasteiger partial charge in [0.1, 0.15) is 5.00 Å². The fraction of sp³-hybridized carbons (Fsp3) is 0.478. The Hall–Kier alpha value is -2.46. The lowest BCUT2D eigenvalue weighted by Gasteiger charge is -2.19. The summed E-state index contributed by atoms with van der Waals surface area (Å²) in [5.41, 5.74) is 1.31. The minimum Gasteiger partial charge on any atom is -0.478 e. The molecule has 1 aromatic carbocycles. The van der Waals surface area contributed by atoms with Gasteiger partial charge in [-0.1, -0.05) is 19.1 Å². The summed E-state index contributed by atoms with van der Waals surface area (Å²) < 4.78 is 43.0. The van der Waals surface area contributed by atoms with Gasteiger partial charge in [-0.3, -0.25) is 9.59 Å². The molecule has 10 heteroatoms. The molecule has 0 bridgehead atoms. The molecule has 0 spiro atoms. The van der Waals surface area contributed by atoms with Crippen molar-refractivity contribution in [3.05, 3.63) is 46.1 Å². The number of para-hydroxylation sites is 1. The fourth-order valence-corrected chi connectivity index (χ4v) is 7.33. The highest BCUT2D eigenvalue weighted by Gasteiger charge is 2.33. The van der Waals surface area contributed by atoms with Gasteiger partial charge in [0.05, 0.1) is 17.1 Å². The Balaban J connectivity index is 1.55. The van der Waals surface area contributed by atoms with Crippen molar-refractivity contribution in [2.24, 2.45) is 5.92 Å². The first-order chi connectivity index (χ1) is 15.6. The third-order valence-corrected chi connectivity index (χ3v) is 8.99. The third kappa shape index (κ3) is 5.38. The van der Waals surface area contributed by atoms with Crippen molar-refractivity contribution < 1.29 is 27.1 Å². The van der Waals surface area contributed by atoms with Gasteiger partial charge in [0, 0.05) is 10.9 Å². The molecular formula is C23H27FN2O5S2. The van der Waals surface area contributed by atoms with E-state index in [0.29, 0.717) is 22.9 Å². The van der Waals surface area contributed by atoms with E-state index in [1.165, 1.54) is 36.5 Å². The number of rotatable bonds is 6. The molecular weight excluding hydrogens is 467 g/mol. The zero-order chi connectivity index (χ0) is 23.8. The maximum Gasteiger partial charge on any atom is 0.265 e. The molecule has 1 saturated heterocycles. The van der Waals surface area contributed by atoms with Crippen molar-refractivity contribution in [2.45, 2.75) is 51.7 Å². The Morgan fingerprint density at radius 3 is 2.70 bits per heavy atom. The van der Waals surface area contributed by atoms with Gasteiger partial charge in [-0.2, -0.15) is 0 Å². The predicted molar refractivity (Wildman–Crippen MR) is 125 cm³/mol. The number of thiophene rings is 1. The summed E-state index contributed by atoms with van der Waals surface area (Å²) in [4.78, 5) is 27.1. The van der Waals surface area contributed by atoms with Crippen LogP contribution >= 0.6 is 11.3 Å². The first kappa shape index (κ1) is 23.7. The molecule has 1 aliphatic carbocycles. The molecule has 3 unspecified atom stereocenters. The molecule has 7 nitrogen and oxygen atoms in total. The van der Waals surface area contributed by atoms with Crippen LogP contribution in [0.4, 0.5) is 9.39 Å². The van der Waals surface area contributed by atoms with E-state index in [1.54, 1.807) is 6.07 Å². The molecule has 1 aliphatic heterocycles. The van der Waals surface area contributed by atoms with Crippen LogP contribution in [0.3, 0.4) is 0 Å².